The number of carbonyl (C=O) groups excluding carboxylic acids is 1. The van der Waals surface area contributed by atoms with Crippen LogP contribution >= 0.6 is 23.2 Å². The molecule has 2 aromatic rings. The minimum atomic E-state index is -0.164. The Balaban J connectivity index is 1.18. The fraction of sp³-hybridized carbons (Fsp3) is 0.567. The lowest BCUT2D eigenvalue weighted by Crippen LogP contribution is -2.50. The second-order valence-corrected chi connectivity index (χ2v) is 13.3. The number of aliphatic hydroxyl groups is 1. The highest BCUT2D eigenvalue weighted by atomic mass is 35.5. The number of urea groups is 1. The molecule has 1 aromatic heterocycles. The van der Waals surface area contributed by atoms with E-state index in [0.717, 1.165) is 38.8 Å². The smallest absolute Gasteiger partial charge is 0.322 e. The van der Waals surface area contributed by atoms with Gasteiger partial charge >= 0.3 is 6.03 Å². The number of fused-ring (bicyclic) bond motifs is 2. The Bertz CT molecular complexity index is 1310. The molecule has 206 valence electrons. The zero-order valence-corrected chi connectivity index (χ0v) is 23.9. The normalized spacial score (nSPS) is 32.1. The van der Waals surface area contributed by atoms with Gasteiger partial charge in [0, 0.05) is 37.4 Å². The molecular weight excluding hydrogens is 533 g/mol. The summed E-state index contributed by atoms with van der Waals surface area (Å²) in [7, 11) is 0. The third kappa shape index (κ3) is 4.80. The van der Waals surface area contributed by atoms with Gasteiger partial charge in [-0.25, -0.2) is 9.78 Å². The van der Waals surface area contributed by atoms with Gasteiger partial charge < -0.3 is 15.3 Å². The Kier molecular flexibility index (Phi) is 6.83. The van der Waals surface area contributed by atoms with E-state index in [9.17, 15) is 15.2 Å². The highest BCUT2D eigenvalue weighted by Gasteiger charge is 2.66. The number of pyridine rings is 1. The van der Waals surface area contributed by atoms with Gasteiger partial charge in [0.2, 0.25) is 0 Å². The summed E-state index contributed by atoms with van der Waals surface area (Å²) in [5.41, 5.74) is 2.91. The van der Waals surface area contributed by atoms with Crippen molar-refractivity contribution in [3.05, 3.63) is 57.8 Å². The molecule has 6 rings (SSSR count). The number of aromatic nitrogens is 1. The van der Waals surface area contributed by atoms with Gasteiger partial charge in [-0.3, -0.25) is 4.90 Å². The summed E-state index contributed by atoms with van der Waals surface area (Å²) in [4.78, 5) is 22.1. The molecule has 0 bridgehead atoms. The molecule has 4 aliphatic rings. The molecule has 39 heavy (non-hydrogen) atoms. The largest absolute Gasteiger partial charge is 0.395 e. The number of aliphatic hydroxyl groups excluding tert-OH is 1. The van der Waals surface area contributed by atoms with Crippen LogP contribution in [0.3, 0.4) is 0 Å². The zero-order chi connectivity index (χ0) is 27.5. The van der Waals surface area contributed by atoms with Crippen molar-refractivity contribution in [3.63, 3.8) is 0 Å². The van der Waals surface area contributed by atoms with Crippen LogP contribution in [0, 0.1) is 34.5 Å². The number of nitrogens with zero attached hydrogens (tertiary/aromatic N) is 4. The molecule has 3 aliphatic carbocycles. The van der Waals surface area contributed by atoms with E-state index < -0.39 is 0 Å². The van der Waals surface area contributed by atoms with Crippen molar-refractivity contribution < 1.29 is 9.90 Å². The first-order valence-electron chi connectivity index (χ1n) is 13.9. The van der Waals surface area contributed by atoms with E-state index in [2.05, 4.69) is 41.2 Å². The van der Waals surface area contributed by atoms with Crippen LogP contribution in [0.4, 0.5) is 10.5 Å². The first-order valence-corrected chi connectivity index (χ1v) is 14.7. The summed E-state index contributed by atoms with van der Waals surface area (Å²) in [5.74, 6) is 1.64. The van der Waals surface area contributed by atoms with Gasteiger partial charge in [0.1, 0.15) is 10.3 Å². The molecule has 1 aromatic carbocycles. The molecule has 7 nitrogen and oxygen atoms in total. The Morgan fingerprint density at radius 2 is 2.05 bits per heavy atom. The molecule has 0 spiro atoms. The summed E-state index contributed by atoms with van der Waals surface area (Å²) >= 11 is 12.2. The SMILES string of the molecule is CC1(C)C2[C@@H](CO)N(CCN(C(=O)Nc3cc(Cl)nc(Cl)c3)[C@@H]3CC[C@]4(c5cccc(C#N)c5)CC4C3)C[C@@H]21. The molecular formula is C30H35Cl2N5O2. The van der Waals surface area contributed by atoms with Crippen LogP contribution < -0.4 is 5.32 Å². The number of amides is 2. The lowest BCUT2D eigenvalue weighted by atomic mass is 9.80. The first-order chi connectivity index (χ1) is 18.7. The van der Waals surface area contributed by atoms with Gasteiger partial charge in [0.25, 0.3) is 0 Å². The number of carbonyl (C=O) groups is 1. The van der Waals surface area contributed by atoms with Crippen molar-refractivity contribution in [3.8, 4) is 6.07 Å². The first kappa shape index (κ1) is 26.8. The summed E-state index contributed by atoms with van der Waals surface area (Å²) in [6.07, 6.45) is 3.93. The third-order valence-corrected chi connectivity index (χ3v) is 10.7. The van der Waals surface area contributed by atoms with Crippen molar-refractivity contribution in [1.29, 1.82) is 5.26 Å². The Labute approximate surface area is 240 Å². The van der Waals surface area contributed by atoms with E-state index in [4.69, 9.17) is 23.2 Å². The third-order valence-electron chi connectivity index (χ3n) is 10.3. The molecule has 2 N–H and O–H groups in total. The maximum absolute atomic E-state index is 13.7. The Hall–Kier alpha value is -2.37. The highest BCUT2D eigenvalue weighted by Crippen LogP contribution is 2.65. The topological polar surface area (TPSA) is 92.5 Å². The number of hydrogen-bond donors (Lipinski definition) is 2. The summed E-state index contributed by atoms with van der Waals surface area (Å²) in [6.45, 7) is 7.03. The van der Waals surface area contributed by atoms with Crippen LogP contribution in [0.2, 0.25) is 10.3 Å². The van der Waals surface area contributed by atoms with Crippen LogP contribution in [0.5, 0.6) is 0 Å². The quantitative estimate of drug-likeness (QED) is 0.427. The van der Waals surface area contributed by atoms with E-state index >= 15 is 0 Å². The van der Waals surface area contributed by atoms with Gasteiger partial charge in [-0.2, -0.15) is 5.26 Å². The van der Waals surface area contributed by atoms with E-state index in [1.165, 1.54) is 5.56 Å². The standard InChI is InChI=1S/C30H35Cl2N5O2/c1-29(2)23-16-36(24(17-38)27(23)29)8-9-37(28(39)34-21-12-25(31)35-26(32)13-21)22-6-7-30(14-20(30)11-22)19-5-3-4-18(10-19)15-33/h3-5,10,12-13,20,22-24,27,38H,6-9,11,14,16-17H2,1-2H3,(H,34,35,39)/t20?,22-,23+,24-,27?,30-/m1/s1. The van der Waals surface area contributed by atoms with Crippen LogP contribution in [0.15, 0.2) is 36.4 Å². The predicted octanol–water partition coefficient (Wildman–Crippen LogP) is 5.55. The van der Waals surface area contributed by atoms with Crippen LogP contribution in [0.25, 0.3) is 0 Å². The van der Waals surface area contributed by atoms with Crippen LogP contribution in [-0.4, -0.2) is 64.2 Å². The van der Waals surface area contributed by atoms with Gasteiger partial charge in [-0.15, -0.1) is 0 Å². The van der Waals surface area contributed by atoms with Crippen molar-refractivity contribution >= 4 is 34.9 Å². The number of rotatable bonds is 7. The van der Waals surface area contributed by atoms with Crippen molar-refractivity contribution in [2.75, 3.05) is 31.6 Å². The summed E-state index contributed by atoms with van der Waals surface area (Å²) < 4.78 is 0. The Morgan fingerprint density at radius 1 is 1.28 bits per heavy atom. The maximum Gasteiger partial charge on any atom is 0.322 e. The van der Waals surface area contributed by atoms with E-state index in [-0.39, 0.29) is 40.4 Å². The van der Waals surface area contributed by atoms with E-state index in [1.807, 2.05) is 23.1 Å². The zero-order valence-electron chi connectivity index (χ0n) is 22.4. The number of likely N-dealkylation sites (tertiary alicyclic amines) is 1. The average molecular weight is 569 g/mol. The monoisotopic (exact) mass is 567 g/mol. The maximum atomic E-state index is 13.7. The fourth-order valence-corrected chi connectivity index (χ4v) is 8.43. The number of nitrogens with one attached hydrogen (secondary N) is 1. The van der Waals surface area contributed by atoms with E-state index in [1.54, 1.807) is 12.1 Å². The van der Waals surface area contributed by atoms with Crippen LogP contribution in [-0.2, 0) is 5.41 Å². The average Bonchev–Trinajstić information content (AvgIpc) is 3.70. The van der Waals surface area contributed by atoms with Crippen molar-refractivity contribution in [2.45, 2.75) is 57.0 Å². The molecule has 1 saturated heterocycles. The highest BCUT2D eigenvalue weighted by molar-refractivity contribution is 6.33. The number of hydrogen-bond acceptors (Lipinski definition) is 5. The summed E-state index contributed by atoms with van der Waals surface area (Å²) in [6, 6.07) is 13.6. The lowest BCUT2D eigenvalue weighted by molar-refractivity contribution is 0.0955. The van der Waals surface area contributed by atoms with Crippen molar-refractivity contribution in [2.24, 2.45) is 23.2 Å². The minimum absolute atomic E-state index is 0.110. The minimum Gasteiger partial charge on any atom is -0.395 e. The van der Waals surface area contributed by atoms with Gasteiger partial charge in [-0.1, -0.05) is 49.2 Å². The number of nitriles is 1. The second-order valence-electron chi connectivity index (χ2n) is 12.5. The molecule has 2 unspecified atom stereocenters. The van der Waals surface area contributed by atoms with Gasteiger partial charge in [0.15, 0.2) is 0 Å². The second kappa shape index (κ2) is 9.92. The van der Waals surface area contributed by atoms with Gasteiger partial charge in [0.05, 0.1) is 18.2 Å². The number of benzene rings is 1. The number of halogens is 2. The van der Waals surface area contributed by atoms with Crippen LogP contribution in [0.1, 0.15) is 50.7 Å². The lowest BCUT2D eigenvalue weighted by Gasteiger charge is -2.39. The molecule has 9 heteroatoms. The molecule has 1 aliphatic heterocycles. The van der Waals surface area contributed by atoms with E-state index in [0.29, 0.717) is 41.0 Å². The molecule has 2 heterocycles. The number of anilines is 1. The molecule has 4 fully saturated rings. The molecule has 0 radical (unpaired) electrons. The summed E-state index contributed by atoms with van der Waals surface area (Å²) in [5, 5.41) is 23.0. The van der Waals surface area contributed by atoms with Gasteiger partial charge in [-0.05, 0) is 84.1 Å². The molecule has 3 saturated carbocycles. The molecule has 6 atom stereocenters. The Morgan fingerprint density at radius 3 is 2.74 bits per heavy atom. The number of piperidine rings is 1. The predicted molar refractivity (Wildman–Crippen MR) is 152 cm³/mol. The molecule has 2 amide bonds. The van der Waals surface area contributed by atoms with Crippen molar-refractivity contribution in [1.82, 2.24) is 14.8 Å². The fourth-order valence-electron chi connectivity index (χ4n) is 7.96.